The molecule has 0 saturated heterocycles. The highest BCUT2D eigenvalue weighted by atomic mass is 16.5. The molecule has 0 spiro atoms. The molecule has 0 aliphatic carbocycles. The van der Waals surface area contributed by atoms with Crippen LogP contribution in [0.15, 0.2) is 0 Å². The first-order valence-corrected chi connectivity index (χ1v) is 23.0. The summed E-state index contributed by atoms with van der Waals surface area (Å²) in [6, 6.07) is 0. The van der Waals surface area contributed by atoms with Crippen LogP contribution in [0.2, 0.25) is 0 Å². The number of esters is 2. The monoisotopic (exact) mass is 755 g/mol. The fourth-order valence-corrected chi connectivity index (χ4v) is 6.86. The number of unbranched alkanes of at least 4 members (excludes halogenated alkanes) is 22. The number of hydrogen-bond donors (Lipinski definition) is 1. The van der Waals surface area contributed by atoms with Gasteiger partial charge in [0, 0.05) is 25.9 Å². The molecule has 0 atom stereocenters. The van der Waals surface area contributed by atoms with Crippen molar-refractivity contribution in [3.8, 4) is 0 Å². The van der Waals surface area contributed by atoms with Crippen LogP contribution >= 0.6 is 0 Å². The van der Waals surface area contributed by atoms with E-state index in [2.05, 4.69) is 30.6 Å². The van der Waals surface area contributed by atoms with Gasteiger partial charge in [-0.05, 0) is 71.1 Å². The number of ether oxygens (including phenoxy) is 3. The summed E-state index contributed by atoms with van der Waals surface area (Å²) in [6.07, 6.45) is 33.9. The topological polar surface area (TPSA) is 88.5 Å². The number of aliphatic hydroxyl groups excluding tert-OH is 1. The molecule has 0 amide bonds. The zero-order valence-corrected chi connectivity index (χ0v) is 35.7. The lowest BCUT2D eigenvalue weighted by molar-refractivity contribution is -0.145. The molecule has 0 rings (SSSR count). The summed E-state index contributed by atoms with van der Waals surface area (Å²) >= 11 is 0. The Bertz CT molecular complexity index is 738. The zero-order valence-electron chi connectivity index (χ0n) is 35.7. The average Bonchev–Trinajstić information content (AvgIpc) is 3.15. The number of nitrogens with zero attached hydrogens (tertiary/aromatic N) is 2. The Labute approximate surface area is 329 Å². The van der Waals surface area contributed by atoms with Gasteiger partial charge in [-0.2, -0.15) is 0 Å². The van der Waals surface area contributed by atoms with Gasteiger partial charge in [-0.3, -0.25) is 14.5 Å². The molecule has 0 aliphatic rings. The van der Waals surface area contributed by atoms with Crippen LogP contribution in [0.1, 0.15) is 207 Å². The van der Waals surface area contributed by atoms with Crippen LogP contribution in [-0.4, -0.2) is 99.1 Å². The van der Waals surface area contributed by atoms with Crippen LogP contribution in [0.3, 0.4) is 0 Å². The summed E-state index contributed by atoms with van der Waals surface area (Å²) in [4.78, 5) is 29.6. The average molecular weight is 755 g/mol. The minimum atomic E-state index is -0.0648. The lowest BCUT2D eigenvalue weighted by atomic mass is 10.1. The van der Waals surface area contributed by atoms with Gasteiger partial charge >= 0.3 is 11.9 Å². The molecule has 0 aromatic heterocycles. The molecule has 0 aromatic rings. The van der Waals surface area contributed by atoms with E-state index in [0.717, 1.165) is 90.6 Å². The van der Waals surface area contributed by atoms with Crippen molar-refractivity contribution >= 4 is 11.9 Å². The van der Waals surface area contributed by atoms with Gasteiger partial charge in [0.05, 0.1) is 26.4 Å². The van der Waals surface area contributed by atoms with Gasteiger partial charge in [0.25, 0.3) is 0 Å². The van der Waals surface area contributed by atoms with Crippen molar-refractivity contribution in [3.63, 3.8) is 0 Å². The summed E-state index contributed by atoms with van der Waals surface area (Å²) in [6.45, 7) is 14.7. The Morgan fingerprint density at radius 3 is 1.13 bits per heavy atom. The normalized spacial score (nSPS) is 11.6. The van der Waals surface area contributed by atoms with Gasteiger partial charge in [-0.1, -0.05) is 149 Å². The first kappa shape index (κ1) is 51.8. The van der Waals surface area contributed by atoms with Crippen molar-refractivity contribution in [1.29, 1.82) is 0 Å². The van der Waals surface area contributed by atoms with Gasteiger partial charge in [0.15, 0.2) is 0 Å². The molecule has 0 saturated carbocycles. The van der Waals surface area contributed by atoms with E-state index in [-0.39, 0.29) is 18.5 Å². The molecular weight excluding hydrogens is 665 g/mol. The maximum absolute atomic E-state index is 12.5. The largest absolute Gasteiger partial charge is 0.466 e. The Kier molecular flexibility index (Phi) is 42.5. The SMILES string of the molecule is CCCCCCCCCCCOC(=O)CCCCCN(CCCCCC(=O)OCCN(CCCCCCCC)CCCCCCCC)CCOCCO. The van der Waals surface area contributed by atoms with Crippen LogP contribution in [0.4, 0.5) is 0 Å². The van der Waals surface area contributed by atoms with Crippen molar-refractivity contribution in [3.05, 3.63) is 0 Å². The van der Waals surface area contributed by atoms with Crippen molar-refractivity contribution < 1.29 is 28.9 Å². The number of rotatable bonds is 44. The van der Waals surface area contributed by atoms with Crippen LogP contribution in [-0.2, 0) is 23.8 Å². The van der Waals surface area contributed by atoms with Gasteiger partial charge in [0.2, 0.25) is 0 Å². The number of hydrogen-bond acceptors (Lipinski definition) is 8. The van der Waals surface area contributed by atoms with Crippen LogP contribution in [0.5, 0.6) is 0 Å². The molecule has 0 unspecified atom stereocenters. The Morgan fingerprint density at radius 2 is 0.717 bits per heavy atom. The third-order valence-electron chi connectivity index (χ3n) is 10.3. The van der Waals surface area contributed by atoms with Crippen molar-refractivity contribution in [2.75, 3.05) is 72.3 Å². The molecule has 0 radical (unpaired) electrons. The van der Waals surface area contributed by atoms with Crippen LogP contribution in [0.25, 0.3) is 0 Å². The fourth-order valence-electron chi connectivity index (χ4n) is 6.86. The van der Waals surface area contributed by atoms with E-state index >= 15 is 0 Å². The lowest BCUT2D eigenvalue weighted by Crippen LogP contribution is -2.30. The van der Waals surface area contributed by atoms with E-state index in [1.807, 2.05) is 0 Å². The lowest BCUT2D eigenvalue weighted by Gasteiger charge is -2.22. The van der Waals surface area contributed by atoms with Crippen LogP contribution < -0.4 is 0 Å². The van der Waals surface area contributed by atoms with E-state index in [1.54, 1.807) is 0 Å². The number of carbonyl (C=O) groups excluding carboxylic acids is 2. The van der Waals surface area contributed by atoms with Gasteiger partial charge in [-0.15, -0.1) is 0 Å². The second-order valence-electron chi connectivity index (χ2n) is 15.4. The first-order valence-electron chi connectivity index (χ1n) is 23.0. The summed E-state index contributed by atoms with van der Waals surface area (Å²) in [5, 5.41) is 9.06. The second-order valence-corrected chi connectivity index (χ2v) is 15.4. The molecule has 1 N–H and O–H groups in total. The van der Waals surface area contributed by atoms with E-state index in [9.17, 15) is 9.59 Å². The molecule has 8 nitrogen and oxygen atoms in total. The number of carbonyl (C=O) groups is 2. The Morgan fingerprint density at radius 1 is 0.377 bits per heavy atom. The highest BCUT2D eigenvalue weighted by molar-refractivity contribution is 5.69. The van der Waals surface area contributed by atoms with E-state index in [1.165, 1.54) is 122 Å². The van der Waals surface area contributed by atoms with E-state index in [4.69, 9.17) is 19.3 Å². The molecule has 316 valence electrons. The maximum Gasteiger partial charge on any atom is 0.305 e. The minimum absolute atomic E-state index is 0.0433. The van der Waals surface area contributed by atoms with Gasteiger partial charge in [-0.25, -0.2) is 0 Å². The zero-order chi connectivity index (χ0) is 38.7. The third kappa shape index (κ3) is 40.3. The van der Waals surface area contributed by atoms with E-state index < -0.39 is 0 Å². The summed E-state index contributed by atoms with van der Waals surface area (Å²) in [5.41, 5.74) is 0. The standard InChI is InChI=1S/C45H90N2O6/c1-4-7-10-13-16-17-18-21-30-40-52-44(49)31-24-22-28-35-46(37-41-51-43-39-48)36-29-23-25-32-45(50)53-42-38-47(33-26-19-14-11-8-5-2)34-27-20-15-12-9-6-3/h48H,4-43H2,1-3H3. The van der Waals surface area contributed by atoms with Crippen molar-refractivity contribution in [2.24, 2.45) is 0 Å². The molecular formula is C45H90N2O6. The summed E-state index contributed by atoms with van der Waals surface area (Å²) in [7, 11) is 0. The Balaban J connectivity index is 4.18. The number of aliphatic hydroxyl groups is 1. The highest BCUT2D eigenvalue weighted by Crippen LogP contribution is 2.12. The van der Waals surface area contributed by atoms with Crippen molar-refractivity contribution in [2.45, 2.75) is 207 Å². The minimum Gasteiger partial charge on any atom is -0.466 e. The third-order valence-corrected chi connectivity index (χ3v) is 10.3. The second kappa shape index (κ2) is 43.5. The van der Waals surface area contributed by atoms with Crippen LogP contribution in [0, 0.1) is 0 Å². The summed E-state index contributed by atoms with van der Waals surface area (Å²) in [5.74, 6) is -0.124. The predicted molar refractivity (Wildman–Crippen MR) is 224 cm³/mol. The molecule has 0 aromatic carbocycles. The smallest absolute Gasteiger partial charge is 0.305 e. The maximum atomic E-state index is 12.5. The molecule has 0 fully saturated rings. The molecule has 0 aliphatic heterocycles. The molecule has 8 heteroatoms. The Hall–Kier alpha value is -1.22. The molecule has 0 heterocycles. The first-order chi connectivity index (χ1) is 26.1. The van der Waals surface area contributed by atoms with E-state index in [0.29, 0.717) is 39.3 Å². The molecule has 0 bridgehead atoms. The molecule has 53 heavy (non-hydrogen) atoms. The quantitative estimate of drug-likeness (QED) is 0.0486. The fraction of sp³-hybridized carbons (Fsp3) is 0.956. The summed E-state index contributed by atoms with van der Waals surface area (Å²) < 4.78 is 16.7. The predicted octanol–water partition coefficient (Wildman–Crippen LogP) is 11.1. The van der Waals surface area contributed by atoms with Gasteiger partial charge < -0.3 is 24.2 Å². The van der Waals surface area contributed by atoms with Crippen molar-refractivity contribution in [1.82, 2.24) is 9.80 Å². The highest BCUT2D eigenvalue weighted by Gasteiger charge is 2.10. The van der Waals surface area contributed by atoms with Gasteiger partial charge in [0.1, 0.15) is 6.61 Å².